The fraction of sp³-hybridized carbons (Fsp3) is 0.333. The molecule has 3 heteroatoms. The topological polar surface area (TPSA) is 18.5 Å². The van der Waals surface area contributed by atoms with Crippen LogP contribution >= 0.6 is 0 Å². The van der Waals surface area contributed by atoms with E-state index in [9.17, 15) is 0 Å². The average Bonchev–Trinajstić information content (AvgIpc) is 3.07. The maximum atomic E-state index is 6.28. The predicted octanol–water partition coefficient (Wildman–Crippen LogP) is 7.03. The lowest BCUT2D eigenvalue weighted by atomic mass is 9.78. The van der Waals surface area contributed by atoms with Gasteiger partial charge in [-0.05, 0) is 98.3 Å². The fourth-order valence-electron chi connectivity index (χ4n) is 4.75. The number of benzene rings is 2. The second-order valence-electron chi connectivity index (χ2n) is 10.3. The first-order chi connectivity index (χ1) is 15.8. The molecule has 2 aromatic carbocycles. The molecule has 0 N–H and O–H groups in total. The molecule has 2 aromatic rings. The van der Waals surface area contributed by atoms with E-state index in [0.717, 1.165) is 31.1 Å². The Balaban J connectivity index is 1.42. The van der Waals surface area contributed by atoms with Crippen LogP contribution in [0.25, 0.3) is 16.7 Å². The van der Waals surface area contributed by atoms with E-state index in [1.807, 2.05) is 0 Å². The minimum Gasteiger partial charge on any atom is -0.399 e. The lowest BCUT2D eigenvalue weighted by Gasteiger charge is -2.32. The Morgan fingerprint density at radius 2 is 1.42 bits per heavy atom. The van der Waals surface area contributed by atoms with Gasteiger partial charge in [-0.3, -0.25) is 0 Å². The first-order valence-corrected chi connectivity index (χ1v) is 12.2. The largest absolute Gasteiger partial charge is 0.494 e. The predicted molar refractivity (Wildman–Crippen MR) is 139 cm³/mol. The average molecular weight is 436 g/mol. The molecule has 1 fully saturated rings. The lowest BCUT2D eigenvalue weighted by Crippen LogP contribution is -2.41. The zero-order valence-electron chi connectivity index (χ0n) is 20.2. The molecule has 1 heterocycles. The van der Waals surface area contributed by atoms with Crippen molar-refractivity contribution in [3.05, 3.63) is 95.6 Å². The molecule has 3 aliphatic rings. The summed E-state index contributed by atoms with van der Waals surface area (Å²) >= 11 is 0. The molecule has 0 atom stereocenters. The Morgan fingerprint density at radius 1 is 0.758 bits per heavy atom. The third-order valence-corrected chi connectivity index (χ3v) is 7.48. The standard InChI is InChI=1S/C30H33BO2/c1-29(2)30(3,4)33-31(32-29)28-18-10-17-27(21-28)26-16-9-15-25(20-26)24-14-8-13-23(19-24)22-11-6-5-7-12-22/h5-6,9-11,14-21H,7-8,12-13H2,1-4H3. The van der Waals surface area contributed by atoms with Crippen molar-refractivity contribution >= 4 is 18.2 Å². The van der Waals surface area contributed by atoms with Gasteiger partial charge in [0, 0.05) is 0 Å². The summed E-state index contributed by atoms with van der Waals surface area (Å²) < 4.78 is 12.6. The van der Waals surface area contributed by atoms with Crippen molar-refractivity contribution in [1.29, 1.82) is 0 Å². The Morgan fingerprint density at radius 3 is 2.15 bits per heavy atom. The summed E-state index contributed by atoms with van der Waals surface area (Å²) in [5.41, 5.74) is 8.38. The molecule has 0 saturated carbocycles. The summed E-state index contributed by atoms with van der Waals surface area (Å²) in [6, 6.07) is 17.5. The van der Waals surface area contributed by atoms with Gasteiger partial charge in [-0.25, -0.2) is 0 Å². The summed E-state index contributed by atoms with van der Waals surface area (Å²) in [5, 5.41) is 0. The third-order valence-electron chi connectivity index (χ3n) is 7.48. The van der Waals surface area contributed by atoms with E-state index in [1.165, 1.54) is 33.4 Å². The van der Waals surface area contributed by atoms with Crippen molar-refractivity contribution in [3.8, 4) is 11.1 Å². The first-order valence-electron chi connectivity index (χ1n) is 12.2. The van der Waals surface area contributed by atoms with Crippen molar-refractivity contribution in [2.45, 2.75) is 64.6 Å². The number of allylic oxidation sites excluding steroid dienone is 8. The van der Waals surface area contributed by atoms with Gasteiger partial charge < -0.3 is 9.31 Å². The van der Waals surface area contributed by atoms with Crippen LogP contribution in [0.5, 0.6) is 0 Å². The van der Waals surface area contributed by atoms with Gasteiger partial charge in [0.2, 0.25) is 0 Å². The summed E-state index contributed by atoms with van der Waals surface area (Å²) in [4.78, 5) is 0. The molecule has 5 rings (SSSR count). The number of hydrogen-bond donors (Lipinski definition) is 0. The van der Waals surface area contributed by atoms with Crippen LogP contribution < -0.4 is 5.46 Å². The maximum Gasteiger partial charge on any atom is 0.494 e. The van der Waals surface area contributed by atoms with Crippen molar-refractivity contribution in [2.24, 2.45) is 0 Å². The smallest absolute Gasteiger partial charge is 0.399 e. The molecule has 0 spiro atoms. The summed E-state index contributed by atoms with van der Waals surface area (Å²) in [7, 11) is -0.345. The Hall–Kier alpha value is -2.62. The molecule has 33 heavy (non-hydrogen) atoms. The highest BCUT2D eigenvalue weighted by atomic mass is 16.7. The van der Waals surface area contributed by atoms with Crippen LogP contribution in [0.1, 0.15) is 58.9 Å². The van der Waals surface area contributed by atoms with Crippen molar-refractivity contribution < 1.29 is 9.31 Å². The Bertz CT molecular complexity index is 1160. The second kappa shape index (κ2) is 8.63. The highest BCUT2D eigenvalue weighted by molar-refractivity contribution is 6.62. The zero-order valence-corrected chi connectivity index (χ0v) is 20.2. The molecular formula is C30H33BO2. The molecule has 0 amide bonds. The third kappa shape index (κ3) is 4.45. The molecule has 1 saturated heterocycles. The minimum atomic E-state index is -0.345. The summed E-state index contributed by atoms with van der Waals surface area (Å²) in [6.07, 6.45) is 16.1. The maximum absolute atomic E-state index is 6.28. The van der Waals surface area contributed by atoms with Crippen LogP contribution in [-0.2, 0) is 9.31 Å². The van der Waals surface area contributed by atoms with Gasteiger partial charge in [0.15, 0.2) is 0 Å². The van der Waals surface area contributed by atoms with Gasteiger partial charge in [-0.2, -0.15) is 0 Å². The minimum absolute atomic E-state index is 0.339. The van der Waals surface area contributed by atoms with Crippen LogP contribution in [0, 0.1) is 0 Å². The van der Waals surface area contributed by atoms with Crippen LogP contribution in [0.2, 0.25) is 0 Å². The van der Waals surface area contributed by atoms with E-state index in [2.05, 4.69) is 107 Å². The van der Waals surface area contributed by atoms with Gasteiger partial charge in [-0.15, -0.1) is 0 Å². The van der Waals surface area contributed by atoms with Crippen LogP contribution in [-0.4, -0.2) is 18.3 Å². The fourth-order valence-corrected chi connectivity index (χ4v) is 4.75. The Kier molecular flexibility index (Phi) is 5.80. The number of rotatable bonds is 4. The molecule has 2 aliphatic carbocycles. The molecular weight excluding hydrogens is 403 g/mol. The summed E-state index contributed by atoms with van der Waals surface area (Å²) in [6.45, 7) is 8.39. The van der Waals surface area contributed by atoms with Gasteiger partial charge >= 0.3 is 7.12 Å². The van der Waals surface area contributed by atoms with Gasteiger partial charge in [-0.1, -0.05) is 72.8 Å². The van der Waals surface area contributed by atoms with E-state index in [-0.39, 0.29) is 18.3 Å². The summed E-state index contributed by atoms with van der Waals surface area (Å²) in [5.74, 6) is 0. The molecule has 0 aromatic heterocycles. The van der Waals surface area contributed by atoms with Gasteiger partial charge in [0.25, 0.3) is 0 Å². The van der Waals surface area contributed by atoms with E-state index >= 15 is 0 Å². The van der Waals surface area contributed by atoms with Crippen LogP contribution in [0.15, 0.2) is 90.1 Å². The quantitative estimate of drug-likeness (QED) is 0.479. The second-order valence-corrected chi connectivity index (χ2v) is 10.3. The van der Waals surface area contributed by atoms with Crippen molar-refractivity contribution in [1.82, 2.24) is 0 Å². The van der Waals surface area contributed by atoms with Crippen LogP contribution in [0.4, 0.5) is 0 Å². The molecule has 0 unspecified atom stereocenters. The van der Waals surface area contributed by atoms with Crippen LogP contribution in [0.3, 0.4) is 0 Å². The molecule has 2 nitrogen and oxygen atoms in total. The van der Waals surface area contributed by atoms with Crippen molar-refractivity contribution in [2.75, 3.05) is 0 Å². The lowest BCUT2D eigenvalue weighted by molar-refractivity contribution is 0.00578. The van der Waals surface area contributed by atoms with Crippen molar-refractivity contribution in [3.63, 3.8) is 0 Å². The zero-order chi connectivity index (χ0) is 23.1. The first kappa shape index (κ1) is 22.2. The highest BCUT2D eigenvalue weighted by Gasteiger charge is 2.51. The van der Waals surface area contributed by atoms with Gasteiger partial charge in [0.1, 0.15) is 0 Å². The normalized spacial score (nSPS) is 21.5. The van der Waals surface area contributed by atoms with E-state index in [1.54, 1.807) is 0 Å². The molecule has 0 radical (unpaired) electrons. The highest BCUT2D eigenvalue weighted by Crippen LogP contribution is 2.37. The number of hydrogen-bond acceptors (Lipinski definition) is 2. The van der Waals surface area contributed by atoms with E-state index in [0.29, 0.717) is 0 Å². The van der Waals surface area contributed by atoms with E-state index < -0.39 is 0 Å². The van der Waals surface area contributed by atoms with E-state index in [4.69, 9.17) is 9.31 Å². The van der Waals surface area contributed by atoms with Gasteiger partial charge in [0.05, 0.1) is 11.2 Å². The molecule has 0 bridgehead atoms. The molecule has 168 valence electrons. The SMILES string of the molecule is CC1(C)OB(c2cccc(-c3cccc(C4=CCCC(C5=CC=CCC5)=C4)c3)c2)OC1(C)C. The molecule has 1 aliphatic heterocycles. The Labute approximate surface area is 198 Å². The monoisotopic (exact) mass is 436 g/mol.